The van der Waals surface area contributed by atoms with Crippen LogP contribution in [0.5, 0.6) is 0 Å². The minimum Gasteiger partial charge on any atom is -0.481 e. The van der Waals surface area contributed by atoms with E-state index < -0.39 is 5.97 Å². The highest BCUT2D eigenvalue weighted by atomic mass is 16.5. The zero-order chi connectivity index (χ0) is 13.3. The van der Waals surface area contributed by atoms with Gasteiger partial charge in [-0.3, -0.25) is 4.79 Å². The molecule has 6 heteroatoms. The molecular formula is C11H22N2O4. The summed E-state index contributed by atoms with van der Waals surface area (Å²) in [4.78, 5) is 23.8. The third-order valence-electron chi connectivity index (χ3n) is 2.26. The lowest BCUT2D eigenvalue weighted by Crippen LogP contribution is -2.45. The van der Waals surface area contributed by atoms with Crippen molar-refractivity contribution in [2.45, 2.75) is 32.7 Å². The molecule has 100 valence electrons. The van der Waals surface area contributed by atoms with Crippen LogP contribution in [0.1, 0.15) is 26.7 Å². The monoisotopic (exact) mass is 246 g/mol. The van der Waals surface area contributed by atoms with Crippen LogP contribution in [0.15, 0.2) is 0 Å². The normalized spacial score (nSPS) is 10.4. The highest BCUT2D eigenvalue weighted by Gasteiger charge is 2.16. The maximum Gasteiger partial charge on any atom is 0.317 e. The highest BCUT2D eigenvalue weighted by molar-refractivity contribution is 5.74. The molecule has 0 aromatic carbocycles. The summed E-state index contributed by atoms with van der Waals surface area (Å²) in [7, 11) is 1.57. The summed E-state index contributed by atoms with van der Waals surface area (Å²) in [5.74, 6) is -0.839. The fraction of sp³-hybridized carbons (Fsp3) is 0.818. The van der Waals surface area contributed by atoms with Crippen LogP contribution in [-0.4, -0.2) is 54.9 Å². The second kappa shape index (κ2) is 8.81. The number of urea groups is 1. The maximum absolute atomic E-state index is 11.7. The Morgan fingerprint density at radius 1 is 1.41 bits per heavy atom. The van der Waals surface area contributed by atoms with Gasteiger partial charge in [-0.15, -0.1) is 0 Å². The third-order valence-corrected chi connectivity index (χ3v) is 2.26. The lowest BCUT2D eigenvalue weighted by Gasteiger charge is -2.26. The molecule has 0 saturated carbocycles. The van der Waals surface area contributed by atoms with Gasteiger partial charge in [-0.05, 0) is 20.3 Å². The van der Waals surface area contributed by atoms with Crippen molar-refractivity contribution in [3.05, 3.63) is 0 Å². The van der Waals surface area contributed by atoms with Gasteiger partial charge in [-0.1, -0.05) is 0 Å². The number of rotatable bonds is 8. The molecule has 2 N–H and O–H groups in total. The van der Waals surface area contributed by atoms with E-state index in [-0.39, 0.29) is 18.5 Å². The second-order valence-corrected chi connectivity index (χ2v) is 4.01. The van der Waals surface area contributed by atoms with E-state index in [9.17, 15) is 9.59 Å². The zero-order valence-corrected chi connectivity index (χ0v) is 10.7. The summed E-state index contributed by atoms with van der Waals surface area (Å²) in [6.45, 7) is 5.17. The standard InChI is InChI=1S/C11H22N2O4/c1-9(2)13(7-4-5-10(14)15)11(16)12-6-8-17-3/h9H,4-8H2,1-3H3,(H,12,16)(H,14,15). The van der Waals surface area contributed by atoms with Crippen molar-refractivity contribution in [2.75, 3.05) is 26.8 Å². The van der Waals surface area contributed by atoms with Gasteiger partial charge in [0.05, 0.1) is 6.61 Å². The molecule has 0 aromatic heterocycles. The van der Waals surface area contributed by atoms with Gasteiger partial charge < -0.3 is 20.1 Å². The predicted molar refractivity (Wildman–Crippen MR) is 64.0 cm³/mol. The Bertz CT molecular complexity index is 244. The van der Waals surface area contributed by atoms with Crippen LogP contribution in [0.25, 0.3) is 0 Å². The van der Waals surface area contributed by atoms with Crippen LogP contribution < -0.4 is 5.32 Å². The van der Waals surface area contributed by atoms with E-state index in [2.05, 4.69) is 5.32 Å². The van der Waals surface area contributed by atoms with E-state index >= 15 is 0 Å². The van der Waals surface area contributed by atoms with Gasteiger partial charge in [0.25, 0.3) is 0 Å². The van der Waals surface area contributed by atoms with Crippen LogP contribution in [0.2, 0.25) is 0 Å². The Morgan fingerprint density at radius 3 is 2.53 bits per heavy atom. The first-order chi connectivity index (χ1) is 7.99. The summed E-state index contributed by atoms with van der Waals surface area (Å²) in [5, 5.41) is 11.3. The first-order valence-electron chi connectivity index (χ1n) is 5.74. The molecule has 0 aromatic rings. The van der Waals surface area contributed by atoms with Crippen LogP contribution in [0.3, 0.4) is 0 Å². The van der Waals surface area contributed by atoms with E-state index in [1.807, 2.05) is 13.8 Å². The molecule has 0 fully saturated rings. The molecule has 0 saturated heterocycles. The highest BCUT2D eigenvalue weighted by Crippen LogP contribution is 2.02. The summed E-state index contributed by atoms with van der Waals surface area (Å²) in [6.07, 6.45) is 0.541. The van der Waals surface area contributed by atoms with Crippen LogP contribution >= 0.6 is 0 Å². The molecule has 0 bridgehead atoms. The number of aliphatic carboxylic acids is 1. The Kier molecular flexibility index (Phi) is 8.13. The number of nitrogens with zero attached hydrogens (tertiary/aromatic N) is 1. The molecule has 0 aliphatic carbocycles. The molecule has 6 nitrogen and oxygen atoms in total. The number of carbonyl (C=O) groups is 2. The average molecular weight is 246 g/mol. The molecule has 0 rings (SSSR count). The molecular weight excluding hydrogens is 224 g/mol. The first-order valence-corrected chi connectivity index (χ1v) is 5.74. The van der Waals surface area contributed by atoms with Crippen LogP contribution in [-0.2, 0) is 9.53 Å². The number of amides is 2. The number of carbonyl (C=O) groups excluding carboxylic acids is 1. The van der Waals surface area contributed by atoms with Gasteiger partial charge in [0.2, 0.25) is 0 Å². The van der Waals surface area contributed by atoms with Crippen LogP contribution in [0, 0.1) is 0 Å². The number of carboxylic acid groups (broad SMARTS) is 1. The number of ether oxygens (including phenoxy) is 1. The van der Waals surface area contributed by atoms with Gasteiger partial charge in [0, 0.05) is 32.7 Å². The molecule has 0 unspecified atom stereocenters. The van der Waals surface area contributed by atoms with Crippen molar-refractivity contribution in [1.82, 2.24) is 10.2 Å². The quantitative estimate of drug-likeness (QED) is 0.624. The molecule has 17 heavy (non-hydrogen) atoms. The summed E-state index contributed by atoms with van der Waals surface area (Å²) in [5.41, 5.74) is 0. The number of carboxylic acids is 1. The molecule has 0 aliphatic rings. The molecule has 0 radical (unpaired) electrons. The predicted octanol–water partition coefficient (Wildman–Crippen LogP) is 0.918. The van der Waals surface area contributed by atoms with Gasteiger partial charge in [-0.2, -0.15) is 0 Å². The van der Waals surface area contributed by atoms with E-state index in [1.165, 1.54) is 0 Å². The molecule has 0 heterocycles. The first kappa shape index (κ1) is 15.7. The van der Waals surface area contributed by atoms with E-state index in [1.54, 1.807) is 12.0 Å². The molecule has 0 atom stereocenters. The van der Waals surface area contributed by atoms with Gasteiger partial charge in [0.15, 0.2) is 0 Å². The van der Waals surface area contributed by atoms with Crippen molar-refractivity contribution in [3.63, 3.8) is 0 Å². The third kappa shape index (κ3) is 7.57. The van der Waals surface area contributed by atoms with E-state index in [0.29, 0.717) is 26.1 Å². The SMILES string of the molecule is COCCNC(=O)N(CCCC(=O)O)C(C)C. The summed E-state index contributed by atoms with van der Waals surface area (Å²) >= 11 is 0. The van der Waals surface area contributed by atoms with Crippen molar-refractivity contribution in [1.29, 1.82) is 0 Å². The Hall–Kier alpha value is -1.30. The number of methoxy groups -OCH3 is 1. The average Bonchev–Trinajstić information content (AvgIpc) is 2.23. The lowest BCUT2D eigenvalue weighted by molar-refractivity contribution is -0.137. The lowest BCUT2D eigenvalue weighted by atomic mass is 10.2. The van der Waals surface area contributed by atoms with Crippen molar-refractivity contribution in [2.24, 2.45) is 0 Å². The van der Waals surface area contributed by atoms with Crippen molar-refractivity contribution in [3.8, 4) is 0 Å². The van der Waals surface area contributed by atoms with E-state index in [4.69, 9.17) is 9.84 Å². The summed E-state index contributed by atoms with van der Waals surface area (Å²) in [6, 6.07) is -0.131. The smallest absolute Gasteiger partial charge is 0.317 e. The minimum absolute atomic E-state index is 0.0475. The topological polar surface area (TPSA) is 78.9 Å². The second-order valence-electron chi connectivity index (χ2n) is 4.01. The molecule has 0 aliphatic heterocycles. The number of nitrogens with one attached hydrogen (secondary N) is 1. The van der Waals surface area contributed by atoms with Crippen molar-refractivity contribution >= 4 is 12.0 Å². The number of hydrogen-bond acceptors (Lipinski definition) is 3. The van der Waals surface area contributed by atoms with Gasteiger partial charge >= 0.3 is 12.0 Å². The Balaban J connectivity index is 4.03. The fourth-order valence-corrected chi connectivity index (χ4v) is 1.36. The van der Waals surface area contributed by atoms with Gasteiger partial charge in [-0.25, -0.2) is 4.79 Å². The Morgan fingerprint density at radius 2 is 2.06 bits per heavy atom. The van der Waals surface area contributed by atoms with Crippen LogP contribution in [0.4, 0.5) is 4.79 Å². The zero-order valence-electron chi connectivity index (χ0n) is 10.7. The number of hydrogen-bond donors (Lipinski definition) is 2. The fourth-order valence-electron chi connectivity index (χ4n) is 1.36. The maximum atomic E-state index is 11.7. The van der Waals surface area contributed by atoms with Gasteiger partial charge in [0.1, 0.15) is 0 Å². The molecule has 2 amide bonds. The Labute approximate surface area is 102 Å². The largest absolute Gasteiger partial charge is 0.481 e. The molecule has 0 spiro atoms. The summed E-state index contributed by atoms with van der Waals surface area (Å²) < 4.78 is 4.83. The van der Waals surface area contributed by atoms with E-state index in [0.717, 1.165) is 0 Å². The minimum atomic E-state index is -0.839. The van der Waals surface area contributed by atoms with Crippen molar-refractivity contribution < 1.29 is 19.4 Å².